The van der Waals surface area contributed by atoms with E-state index >= 15 is 0 Å². The number of hydrogen-bond acceptors (Lipinski definition) is 2. The highest BCUT2D eigenvalue weighted by Crippen LogP contribution is 2.43. The van der Waals surface area contributed by atoms with Gasteiger partial charge in [-0.15, -0.1) is 0 Å². The highest BCUT2D eigenvalue weighted by Gasteiger charge is 2.37. The largest absolute Gasteiger partial charge is 0.481 e. The molecule has 5 nitrogen and oxygen atoms in total. The van der Waals surface area contributed by atoms with E-state index in [1.807, 2.05) is 0 Å². The van der Waals surface area contributed by atoms with Gasteiger partial charge in [0.2, 0.25) is 0 Å². The highest BCUT2D eigenvalue weighted by atomic mass is 35.5. The van der Waals surface area contributed by atoms with Gasteiger partial charge in [0.25, 0.3) is 0 Å². The summed E-state index contributed by atoms with van der Waals surface area (Å²) in [6, 6.07) is 2.55. The van der Waals surface area contributed by atoms with Crippen molar-refractivity contribution in [1.82, 2.24) is 10.6 Å². The number of benzene rings is 1. The third-order valence-corrected chi connectivity index (χ3v) is 4.22. The monoisotopic (exact) mass is 378 g/mol. The van der Waals surface area contributed by atoms with Crippen LogP contribution in [0.3, 0.4) is 0 Å². The summed E-state index contributed by atoms with van der Waals surface area (Å²) in [5.74, 6) is -0.883. The maximum Gasteiger partial charge on any atom is 0.417 e. The van der Waals surface area contributed by atoms with E-state index in [0.29, 0.717) is 5.56 Å². The van der Waals surface area contributed by atoms with E-state index in [1.165, 1.54) is 12.1 Å². The quantitative estimate of drug-likeness (QED) is 0.628. The minimum absolute atomic E-state index is 0.0710. The van der Waals surface area contributed by atoms with Crippen LogP contribution in [0.2, 0.25) is 5.02 Å². The molecule has 25 heavy (non-hydrogen) atoms. The Labute approximate surface area is 147 Å². The number of rotatable bonds is 7. The van der Waals surface area contributed by atoms with Gasteiger partial charge >= 0.3 is 18.2 Å². The van der Waals surface area contributed by atoms with E-state index in [2.05, 4.69) is 10.6 Å². The summed E-state index contributed by atoms with van der Waals surface area (Å²) >= 11 is 5.63. The molecule has 0 spiro atoms. The van der Waals surface area contributed by atoms with Gasteiger partial charge in [0.1, 0.15) is 0 Å². The van der Waals surface area contributed by atoms with Gasteiger partial charge < -0.3 is 15.7 Å². The molecule has 9 heteroatoms. The molecule has 1 atom stereocenters. The van der Waals surface area contributed by atoms with Gasteiger partial charge in [-0.05, 0) is 42.9 Å². The topological polar surface area (TPSA) is 78.4 Å². The molecule has 0 radical (unpaired) electrons. The van der Waals surface area contributed by atoms with Crippen LogP contribution >= 0.6 is 11.6 Å². The lowest BCUT2D eigenvalue weighted by Gasteiger charge is -2.21. The van der Waals surface area contributed by atoms with Crippen molar-refractivity contribution in [3.63, 3.8) is 0 Å². The first-order valence-electron chi connectivity index (χ1n) is 7.81. The van der Waals surface area contributed by atoms with Crippen molar-refractivity contribution in [3.8, 4) is 0 Å². The Morgan fingerprint density at radius 1 is 1.32 bits per heavy atom. The molecular weight excluding hydrogens is 361 g/mol. The Bertz CT molecular complexity index is 648. The average Bonchev–Trinajstić information content (AvgIpc) is 3.33. The summed E-state index contributed by atoms with van der Waals surface area (Å²) in [7, 11) is 0. The van der Waals surface area contributed by atoms with Gasteiger partial charge in [-0.2, -0.15) is 13.2 Å². The highest BCUT2D eigenvalue weighted by molar-refractivity contribution is 6.31. The Morgan fingerprint density at radius 2 is 2.00 bits per heavy atom. The first kappa shape index (κ1) is 19.4. The fraction of sp³-hybridized carbons (Fsp3) is 0.500. The van der Waals surface area contributed by atoms with Crippen LogP contribution in [0.1, 0.15) is 42.9 Å². The predicted molar refractivity (Wildman–Crippen MR) is 85.3 cm³/mol. The number of carbonyl (C=O) groups excluding carboxylic acids is 1. The second kappa shape index (κ2) is 7.95. The fourth-order valence-electron chi connectivity index (χ4n) is 2.49. The zero-order chi connectivity index (χ0) is 18.6. The molecule has 0 aromatic heterocycles. The van der Waals surface area contributed by atoms with Gasteiger partial charge in [0, 0.05) is 13.0 Å². The molecule has 0 heterocycles. The van der Waals surface area contributed by atoms with Gasteiger partial charge in [0.05, 0.1) is 16.6 Å². The summed E-state index contributed by atoms with van der Waals surface area (Å²) in [5, 5.41) is 13.3. The number of halogens is 4. The van der Waals surface area contributed by atoms with Crippen LogP contribution in [0.4, 0.5) is 18.0 Å². The van der Waals surface area contributed by atoms with E-state index in [1.54, 1.807) is 0 Å². The lowest BCUT2D eigenvalue weighted by molar-refractivity contribution is -0.138. The molecule has 1 aromatic carbocycles. The summed E-state index contributed by atoms with van der Waals surface area (Å²) in [4.78, 5) is 22.3. The summed E-state index contributed by atoms with van der Waals surface area (Å²) < 4.78 is 39.0. The Hall–Kier alpha value is -1.96. The minimum atomic E-state index is -4.57. The smallest absolute Gasteiger partial charge is 0.417 e. The number of amides is 2. The first-order valence-corrected chi connectivity index (χ1v) is 8.19. The summed E-state index contributed by atoms with van der Waals surface area (Å²) in [5.41, 5.74) is -0.583. The molecular formula is C16H18ClF3N2O3. The Kier molecular flexibility index (Phi) is 6.16. The molecule has 0 bridgehead atoms. The number of nitrogens with one attached hydrogen (secondary N) is 2. The third-order valence-electron chi connectivity index (χ3n) is 3.89. The van der Waals surface area contributed by atoms with Crippen molar-refractivity contribution in [2.24, 2.45) is 5.92 Å². The molecule has 1 aliphatic carbocycles. The number of aliphatic carboxylic acids is 1. The van der Waals surface area contributed by atoms with E-state index in [9.17, 15) is 22.8 Å². The molecule has 2 rings (SSSR count). The predicted octanol–water partition coefficient (Wildman–Crippen LogP) is 3.97. The molecule has 1 fully saturated rings. The average molecular weight is 379 g/mol. The number of carbonyl (C=O) groups is 2. The van der Waals surface area contributed by atoms with Crippen LogP contribution in [0, 0.1) is 5.92 Å². The van der Waals surface area contributed by atoms with E-state index < -0.39 is 29.8 Å². The molecule has 1 aliphatic rings. The molecule has 2 amide bonds. The normalized spacial score (nSPS) is 15.5. The SMILES string of the molecule is O=C(O)CCCNC(=O)NC(c1ccc(Cl)c(C(F)(F)F)c1)C1CC1. The molecule has 1 saturated carbocycles. The number of urea groups is 1. The van der Waals surface area contributed by atoms with Crippen LogP contribution in [-0.4, -0.2) is 23.7 Å². The zero-order valence-corrected chi connectivity index (χ0v) is 14.0. The van der Waals surface area contributed by atoms with E-state index in [0.717, 1.165) is 18.9 Å². The number of hydrogen-bond donors (Lipinski definition) is 3. The number of carboxylic acid groups (broad SMARTS) is 1. The van der Waals surface area contributed by atoms with Gasteiger partial charge in [-0.1, -0.05) is 17.7 Å². The lowest BCUT2D eigenvalue weighted by atomic mass is 10.00. The van der Waals surface area contributed by atoms with Crippen LogP contribution in [0.15, 0.2) is 18.2 Å². The Balaban J connectivity index is 2.04. The number of alkyl halides is 3. The first-order chi connectivity index (χ1) is 11.7. The van der Waals surface area contributed by atoms with Gasteiger partial charge in [-0.25, -0.2) is 4.79 Å². The van der Waals surface area contributed by atoms with Crippen molar-refractivity contribution in [3.05, 3.63) is 34.3 Å². The van der Waals surface area contributed by atoms with Gasteiger partial charge in [-0.3, -0.25) is 4.79 Å². The van der Waals surface area contributed by atoms with Crippen LogP contribution in [0.5, 0.6) is 0 Å². The number of carboxylic acids is 1. The Morgan fingerprint density at radius 3 is 2.56 bits per heavy atom. The maximum atomic E-state index is 13.0. The summed E-state index contributed by atoms with van der Waals surface area (Å²) in [6.07, 6.45) is -2.74. The standard InChI is InChI=1S/C16H18ClF3N2O3/c17-12-6-5-10(8-11(12)16(18,19)20)14(9-3-4-9)22-15(25)21-7-1-2-13(23)24/h5-6,8-9,14H,1-4,7H2,(H,23,24)(H2,21,22,25). The van der Waals surface area contributed by atoms with Crippen molar-refractivity contribution in [2.75, 3.05) is 6.54 Å². The minimum Gasteiger partial charge on any atom is -0.481 e. The van der Waals surface area contributed by atoms with E-state index in [4.69, 9.17) is 16.7 Å². The molecule has 0 aliphatic heterocycles. The fourth-order valence-corrected chi connectivity index (χ4v) is 2.71. The molecule has 0 saturated heterocycles. The summed E-state index contributed by atoms with van der Waals surface area (Å²) in [6.45, 7) is 0.171. The van der Waals surface area contributed by atoms with E-state index in [-0.39, 0.29) is 30.3 Å². The van der Waals surface area contributed by atoms with Crippen LogP contribution in [-0.2, 0) is 11.0 Å². The van der Waals surface area contributed by atoms with Crippen LogP contribution in [0.25, 0.3) is 0 Å². The lowest BCUT2D eigenvalue weighted by Crippen LogP contribution is -2.39. The molecule has 3 N–H and O–H groups in total. The second-order valence-corrected chi connectivity index (χ2v) is 6.36. The van der Waals surface area contributed by atoms with Crippen molar-refractivity contribution >= 4 is 23.6 Å². The molecule has 138 valence electrons. The molecule has 1 unspecified atom stereocenters. The third kappa shape index (κ3) is 5.81. The van der Waals surface area contributed by atoms with Crippen molar-refractivity contribution in [1.29, 1.82) is 0 Å². The maximum absolute atomic E-state index is 13.0. The van der Waals surface area contributed by atoms with Crippen LogP contribution < -0.4 is 10.6 Å². The van der Waals surface area contributed by atoms with Crippen molar-refractivity contribution in [2.45, 2.75) is 37.9 Å². The second-order valence-electron chi connectivity index (χ2n) is 5.95. The van der Waals surface area contributed by atoms with Crippen molar-refractivity contribution < 1.29 is 27.9 Å². The van der Waals surface area contributed by atoms with Gasteiger partial charge in [0.15, 0.2) is 0 Å². The zero-order valence-electron chi connectivity index (χ0n) is 13.2. The molecule has 1 aromatic rings.